The number of nitrogens with one attached hydrogen (secondary N) is 6. The number of alkyl halides is 3. The number of nitrogens with zero attached hydrogens (tertiary/aromatic N) is 3. The van der Waals surface area contributed by atoms with Crippen LogP contribution in [0.5, 0.6) is 0 Å². The lowest BCUT2D eigenvalue weighted by molar-refractivity contribution is -0.153. The molecule has 1 heterocycles. The van der Waals surface area contributed by atoms with Gasteiger partial charge in [0.1, 0.15) is 41.6 Å². The lowest BCUT2D eigenvalue weighted by atomic mass is 10.1. The minimum atomic E-state index is -5.06. The van der Waals surface area contributed by atoms with Crippen molar-refractivity contribution in [1.82, 2.24) is 36.8 Å². The van der Waals surface area contributed by atoms with Gasteiger partial charge in [-0.15, -0.1) is 0 Å². The Morgan fingerprint density at radius 2 is 1.44 bits per heavy atom. The number of rotatable bonds is 32. The monoisotopic (exact) mass is 1020 g/mol. The number of guanidine groups is 1. The van der Waals surface area contributed by atoms with Crippen LogP contribution in [-0.4, -0.2) is 174 Å². The van der Waals surface area contributed by atoms with E-state index in [-0.39, 0.29) is 83.5 Å². The molecule has 71 heavy (non-hydrogen) atoms. The second kappa shape index (κ2) is 32.5. The minimum absolute atomic E-state index is 0.00564. The first-order valence-electron chi connectivity index (χ1n) is 22.9. The zero-order valence-corrected chi connectivity index (χ0v) is 39.6. The third-order valence-corrected chi connectivity index (χ3v) is 10.5. The summed E-state index contributed by atoms with van der Waals surface area (Å²) in [4.78, 5) is 126. The molecule has 1 saturated heterocycles. The summed E-state index contributed by atoms with van der Waals surface area (Å²) in [5.41, 5.74) is 37.5. The average molecular weight is 1020 g/mol. The maximum absolute atomic E-state index is 13.9. The number of aliphatic hydroxyl groups is 1. The van der Waals surface area contributed by atoms with E-state index < -0.39 is 133 Å². The number of carboxylic acids is 1. The van der Waals surface area contributed by atoms with Gasteiger partial charge in [0.2, 0.25) is 35.4 Å². The van der Waals surface area contributed by atoms with Crippen LogP contribution in [0.4, 0.5) is 13.2 Å². The van der Waals surface area contributed by atoms with Crippen LogP contribution in [0, 0.1) is 0 Å². The second-order valence-electron chi connectivity index (χ2n) is 16.4. The molecule has 27 nitrogen and oxygen atoms in total. The van der Waals surface area contributed by atoms with E-state index in [1.807, 2.05) is 5.32 Å². The molecule has 1 aliphatic rings. The molecule has 0 aromatic rings. The van der Waals surface area contributed by atoms with Crippen LogP contribution in [0.15, 0.2) is 21.8 Å². The third kappa shape index (κ3) is 23.9. The van der Waals surface area contributed by atoms with Crippen LogP contribution in [0.3, 0.4) is 0 Å². The minimum Gasteiger partial charge on any atom is -0.477 e. The highest BCUT2D eigenvalue weighted by atomic mass is 19.4. The summed E-state index contributed by atoms with van der Waals surface area (Å²) in [6, 6.07) is -9.46. The van der Waals surface area contributed by atoms with Gasteiger partial charge in [-0.2, -0.15) is 13.2 Å². The zero-order valence-electron chi connectivity index (χ0n) is 39.6. The molecule has 8 amide bonds. The number of likely N-dealkylation sites (tertiary alicyclic amines) is 1. The first-order valence-corrected chi connectivity index (χ1v) is 22.9. The fourth-order valence-electron chi connectivity index (χ4n) is 6.73. The smallest absolute Gasteiger partial charge is 0.391 e. The van der Waals surface area contributed by atoms with Gasteiger partial charge in [0.15, 0.2) is 5.96 Å². The summed E-state index contributed by atoms with van der Waals surface area (Å²) in [7, 11) is 0. The number of nitrogens with two attached hydrogens (primary N) is 7. The molecule has 22 N–H and O–H groups in total. The topological polar surface area (TPSA) is 476 Å². The van der Waals surface area contributed by atoms with Crippen molar-refractivity contribution in [3.63, 3.8) is 0 Å². The molecule has 402 valence electrons. The SMILES string of the molecule is C[C@H](NC(=O)[C@@H](NC(=O)[C@@H](N)CCCCN)[C@@H](O)CN)C(=O)NCC(=O)N=C(CCCN)C(=O)N1CCC[C@H]1C(=O)N[C@@H](CC(F)(F)F)C(=O)N[C@@H](CCCCN)C(=O)N/C(=C\CCN=C(N)N)C(=O)O. The van der Waals surface area contributed by atoms with Crippen molar-refractivity contribution < 1.29 is 66.5 Å². The molecule has 7 atom stereocenters. The Labute approximate surface area is 407 Å². The molecule has 0 bridgehead atoms. The molecule has 0 saturated carbocycles. The first-order chi connectivity index (χ1) is 33.4. The van der Waals surface area contributed by atoms with Gasteiger partial charge in [-0.1, -0.05) is 12.5 Å². The van der Waals surface area contributed by atoms with E-state index in [4.69, 9.17) is 40.1 Å². The molecule has 0 aromatic carbocycles. The van der Waals surface area contributed by atoms with Gasteiger partial charge in [0.05, 0.1) is 25.1 Å². The molecule has 1 fully saturated rings. The Balaban J connectivity index is 3.23. The van der Waals surface area contributed by atoms with Crippen LogP contribution >= 0.6 is 0 Å². The van der Waals surface area contributed by atoms with Gasteiger partial charge >= 0.3 is 12.1 Å². The van der Waals surface area contributed by atoms with Crippen LogP contribution in [0.25, 0.3) is 0 Å². The average Bonchev–Trinajstić information content (AvgIpc) is 3.81. The van der Waals surface area contributed by atoms with Crippen LogP contribution in [0.1, 0.15) is 84.0 Å². The van der Waals surface area contributed by atoms with Crippen molar-refractivity contribution in [3.8, 4) is 0 Å². The van der Waals surface area contributed by atoms with Gasteiger partial charge in [-0.05, 0) is 90.8 Å². The number of hydrogen-bond donors (Lipinski definition) is 15. The summed E-state index contributed by atoms with van der Waals surface area (Å²) >= 11 is 0. The summed E-state index contributed by atoms with van der Waals surface area (Å²) in [5, 5.41) is 33.1. The largest absolute Gasteiger partial charge is 0.477 e. The fourth-order valence-corrected chi connectivity index (χ4v) is 6.73. The molecule has 0 radical (unpaired) electrons. The van der Waals surface area contributed by atoms with Gasteiger partial charge in [0, 0.05) is 19.6 Å². The Bertz CT molecular complexity index is 1920. The fraction of sp³-hybridized carbons (Fsp3) is 0.683. The summed E-state index contributed by atoms with van der Waals surface area (Å²) in [6.45, 7) is 0.276. The van der Waals surface area contributed by atoms with E-state index >= 15 is 0 Å². The first kappa shape index (κ1) is 62.7. The van der Waals surface area contributed by atoms with E-state index in [1.54, 1.807) is 0 Å². The highest BCUT2D eigenvalue weighted by molar-refractivity contribution is 6.40. The molecule has 0 aromatic heterocycles. The van der Waals surface area contributed by atoms with E-state index in [9.17, 15) is 66.5 Å². The molecule has 1 aliphatic heterocycles. The van der Waals surface area contributed by atoms with Crippen LogP contribution in [-0.2, 0) is 43.2 Å². The number of aliphatic hydroxyl groups excluding tert-OH is 1. The van der Waals surface area contributed by atoms with Crippen molar-refractivity contribution in [1.29, 1.82) is 0 Å². The van der Waals surface area contributed by atoms with Crippen molar-refractivity contribution >= 4 is 64.9 Å². The Hall–Kier alpha value is -6.34. The Morgan fingerprint density at radius 3 is 2.01 bits per heavy atom. The molecule has 30 heteroatoms. The van der Waals surface area contributed by atoms with E-state index in [2.05, 4.69) is 36.6 Å². The van der Waals surface area contributed by atoms with Crippen LogP contribution in [0.2, 0.25) is 0 Å². The number of halogens is 3. The van der Waals surface area contributed by atoms with E-state index in [0.717, 1.165) is 11.0 Å². The summed E-state index contributed by atoms with van der Waals surface area (Å²) in [6.07, 6.45) is -5.98. The predicted molar refractivity (Wildman–Crippen MR) is 251 cm³/mol. The zero-order chi connectivity index (χ0) is 53.8. The standard InChI is InChI=1S/C41H71F3N16O11/c1-22(54-37(68)31(29(61)20-48)59-33(64)23(49)9-2-4-14-45)32(63)53-21-30(62)55-25(11-6-16-47)38(69)60-18-8-13-28(60)36(67)58-27(19-41(42,43)44)35(66)56-24(10-3-5-15-46)34(65)57-26(39(70)71)12-7-17-52-40(50)51/h12,22-24,27-29,31,61H,2-11,13-21,45-49H2,1H3,(H,53,63)(H,54,68)(H,56,66)(H,57,65)(H,58,67)(H,59,64)(H,70,71)(H4,50,51,52)/b26-12-,55-25?/t22-,23-,24-,27-,28-,29-,31-/m0/s1. The van der Waals surface area contributed by atoms with Crippen molar-refractivity contribution in [3.05, 3.63) is 11.8 Å². The second-order valence-corrected chi connectivity index (χ2v) is 16.4. The quantitative estimate of drug-likeness (QED) is 0.0129. The summed E-state index contributed by atoms with van der Waals surface area (Å²) in [5.74, 6) is -10.4. The molecule has 1 rings (SSSR count). The number of amides is 8. The maximum Gasteiger partial charge on any atom is 0.391 e. The highest BCUT2D eigenvalue weighted by Gasteiger charge is 2.42. The molecule has 0 spiro atoms. The lowest BCUT2D eigenvalue weighted by Crippen LogP contribution is -2.60. The number of carboxylic acid groups (broad SMARTS) is 1. The Kier molecular flexibility index (Phi) is 28.7. The number of carbonyl (C=O) groups excluding carboxylic acids is 8. The lowest BCUT2D eigenvalue weighted by Gasteiger charge is -2.28. The third-order valence-electron chi connectivity index (χ3n) is 10.5. The number of hydrogen-bond acceptors (Lipinski definition) is 16. The summed E-state index contributed by atoms with van der Waals surface area (Å²) < 4.78 is 41.8. The van der Waals surface area contributed by atoms with Gasteiger partial charge in [-0.3, -0.25) is 43.3 Å². The van der Waals surface area contributed by atoms with Crippen LogP contribution < -0.4 is 72.0 Å². The number of aliphatic imine (C=N–C) groups is 2. The maximum atomic E-state index is 13.9. The number of carbonyl (C=O) groups is 9. The van der Waals surface area contributed by atoms with Gasteiger partial charge < -0.3 is 87.1 Å². The van der Waals surface area contributed by atoms with Crippen molar-refractivity contribution in [2.45, 2.75) is 133 Å². The van der Waals surface area contributed by atoms with E-state index in [1.165, 1.54) is 6.92 Å². The molecule has 0 aliphatic carbocycles. The molecule has 0 unspecified atom stereocenters. The normalized spacial score (nSPS) is 16.5. The van der Waals surface area contributed by atoms with Gasteiger partial charge in [-0.25, -0.2) is 9.79 Å². The number of unbranched alkanes of at least 4 members (excludes halogenated alkanes) is 2. The molecular formula is C41H71F3N16O11. The van der Waals surface area contributed by atoms with Gasteiger partial charge in [0.25, 0.3) is 11.8 Å². The number of aliphatic carboxylic acids is 1. The highest BCUT2D eigenvalue weighted by Crippen LogP contribution is 2.24. The van der Waals surface area contributed by atoms with Crippen molar-refractivity contribution in [2.75, 3.05) is 45.8 Å². The predicted octanol–water partition coefficient (Wildman–Crippen LogP) is -5.64. The molecular weight excluding hydrogens is 950 g/mol. The Morgan fingerprint density at radius 1 is 0.803 bits per heavy atom. The van der Waals surface area contributed by atoms with Crippen molar-refractivity contribution in [2.24, 2.45) is 50.1 Å². The van der Waals surface area contributed by atoms with E-state index in [0.29, 0.717) is 25.8 Å².